The predicted molar refractivity (Wildman–Crippen MR) is 62.9 cm³/mol. The third kappa shape index (κ3) is 4.03. The van der Waals surface area contributed by atoms with Gasteiger partial charge in [0.2, 0.25) is 0 Å². The third-order valence-corrected chi connectivity index (χ3v) is 2.18. The van der Waals surface area contributed by atoms with E-state index in [2.05, 4.69) is 5.32 Å². The van der Waals surface area contributed by atoms with E-state index in [-0.39, 0.29) is 11.6 Å². The summed E-state index contributed by atoms with van der Waals surface area (Å²) in [4.78, 5) is 10.7. The molecule has 94 valence electrons. The molecule has 4 nitrogen and oxygen atoms in total. The normalized spacial score (nSPS) is 12.2. The van der Waals surface area contributed by atoms with Crippen molar-refractivity contribution < 1.29 is 19.0 Å². The lowest BCUT2D eigenvalue weighted by Crippen LogP contribution is -2.21. The van der Waals surface area contributed by atoms with Gasteiger partial charge < -0.3 is 15.2 Å². The Bertz CT molecular complexity index is 395. The van der Waals surface area contributed by atoms with E-state index in [4.69, 9.17) is 9.84 Å². The molecule has 0 saturated heterocycles. The Morgan fingerprint density at radius 1 is 1.59 bits per heavy atom. The van der Waals surface area contributed by atoms with Crippen LogP contribution in [0.5, 0.6) is 0 Å². The van der Waals surface area contributed by atoms with E-state index in [0.717, 1.165) is 6.07 Å². The van der Waals surface area contributed by atoms with Gasteiger partial charge in [-0.25, -0.2) is 9.18 Å². The molecule has 0 saturated carbocycles. The molecule has 5 heteroatoms. The molecule has 0 fully saturated rings. The van der Waals surface area contributed by atoms with Crippen LogP contribution in [0.1, 0.15) is 24.2 Å². The van der Waals surface area contributed by atoms with Crippen LogP contribution in [0.2, 0.25) is 0 Å². The van der Waals surface area contributed by atoms with Crippen LogP contribution in [0.4, 0.5) is 10.1 Å². The lowest BCUT2D eigenvalue weighted by molar-refractivity contribution is 0.0692. The maximum absolute atomic E-state index is 13.1. The van der Waals surface area contributed by atoms with Crippen LogP contribution < -0.4 is 5.32 Å². The van der Waals surface area contributed by atoms with Crippen LogP contribution in [0, 0.1) is 5.82 Å². The van der Waals surface area contributed by atoms with E-state index >= 15 is 0 Å². The second-order valence-electron chi connectivity index (χ2n) is 3.70. The molecule has 1 rings (SSSR count). The zero-order valence-electron chi connectivity index (χ0n) is 9.87. The van der Waals surface area contributed by atoms with Gasteiger partial charge in [-0.15, -0.1) is 0 Å². The van der Waals surface area contributed by atoms with Crippen molar-refractivity contribution in [2.75, 3.05) is 18.5 Å². The number of halogens is 1. The van der Waals surface area contributed by atoms with Crippen LogP contribution >= 0.6 is 0 Å². The minimum Gasteiger partial charge on any atom is -0.478 e. The molecule has 17 heavy (non-hydrogen) atoms. The second kappa shape index (κ2) is 6.20. The first-order valence-electron chi connectivity index (χ1n) is 5.41. The Morgan fingerprint density at radius 3 is 2.88 bits per heavy atom. The molecule has 1 atom stereocenters. The van der Waals surface area contributed by atoms with Crippen molar-refractivity contribution in [1.82, 2.24) is 0 Å². The van der Waals surface area contributed by atoms with Gasteiger partial charge in [0.05, 0.1) is 12.2 Å². The van der Waals surface area contributed by atoms with E-state index in [0.29, 0.717) is 18.9 Å². The number of rotatable bonds is 6. The van der Waals surface area contributed by atoms with Crippen molar-refractivity contribution in [3.05, 3.63) is 29.6 Å². The summed E-state index contributed by atoms with van der Waals surface area (Å²) in [5.41, 5.74) is 0.231. The van der Waals surface area contributed by atoms with Crippen LogP contribution in [0.15, 0.2) is 18.2 Å². The maximum Gasteiger partial charge on any atom is 0.338 e. The average molecular weight is 241 g/mol. The van der Waals surface area contributed by atoms with Gasteiger partial charge in [-0.05, 0) is 32.0 Å². The third-order valence-electron chi connectivity index (χ3n) is 2.18. The Hall–Kier alpha value is -1.62. The fourth-order valence-electron chi connectivity index (χ4n) is 1.40. The van der Waals surface area contributed by atoms with Crippen molar-refractivity contribution in [2.45, 2.75) is 19.9 Å². The lowest BCUT2D eigenvalue weighted by Gasteiger charge is -2.15. The molecule has 0 aliphatic carbocycles. The molecule has 1 aromatic rings. The highest BCUT2D eigenvalue weighted by atomic mass is 19.1. The first-order valence-corrected chi connectivity index (χ1v) is 5.41. The molecular formula is C12H16FNO3. The number of carboxylic acid groups (broad SMARTS) is 1. The minimum atomic E-state index is -1.27. The number of benzene rings is 1. The van der Waals surface area contributed by atoms with Gasteiger partial charge in [-0.3, -0.25) is 0 Å². The van der Waals surface area contributed by atoms with Gasteiger partial charge in [0, 0.05) is 18.3 Å². The summed E-state index contributed by atoms with van der Waals surface area (Å²) in [6.45, 7) is 4.93. The summed E-state index contributed by atoms with van der Waals surface area (Å²) < 4.78 is 18.3. The summed E-state index contributed by atoms with van der Waals surface area (Å²) in [5.74, 6) is -2.01. The smallest absolute Gasteiger partial charge is 0.338 e. The fraction of sp³-hybridized carbons (Fsp3) is 0.417. The second-order valence-corrected chi connectivity index (χ2v) is 3.70. The first kappa shape index (κ1) is 13.4. The first-order chi connectivity index (χ1) is 8.04. The molecule has 0 amide bonds. The largest absolute Gasteiger partial charge is 0.478 e. The van der Waals surface area contributed by atoms with Gasteiger partial charge in [-0.1, -0.05) is 0 Å². The summed E-state index contributed by atoms with van der Waals surface area (Å²) in [6, 6.07) is 3.95. The monoisotopic (exact) mass is 241 g/mol. The molecule has 0 spiro atoms. The van der Waals surface area contributed by atoms with Crippen LogP contribution in [0.25, 0.3) is 0 Å². The fourth-order valence-corrected chi connectivity index (χ4v) is 1.40. The number of nitrogens with one attached hydrogen (secondary N) is 1. The molecular weight excluding hydrogens is 225 g/mol. The van der Waals surface area contributed by atoms with Gasteiger partial charge >= 0.3 is 5.97 Å². The number of ether oxygens (including phenoxy) is 1. The quantitative estimate of drug-likeness (QED) is 0.802. The van der Waals surface area contributed by atoms with E-state index in [1.807, 2.05) is 13.8 Å². The summed E-state index contributed by atoms with van der Waals surface area (Å²) in [7, 11) is 0. The molecule has 1 unspecified atom stereocenters. The van der Waals surface area contributed by atoms with E-state index in [9.17, 15) is 9.18 Å². The maximum atomic E-state index is 13.1. The van der Waals surface area contributed by atoms with Crippen LogP contribution in [-0.4, -0.2) is 30.3 Å². The molecule has 0 aliphatic rings. The molecule has 2 N–H and O–H groups in total. The number of aromatic carboxylic acids is 1. The van der Waals surface area contributed by atoms with E-state index in [1.165, 1.54) is 12.1 Å². The predicted octanol–water partition coefficient (Wildman–Crippen LogP) is 2.36. The Morgan fingerprint density at radius 2 is 2.29 bits per heavy atom. The Labute approximate surface area is 99.4 Å². The van der Waals surface area contributed by atoms with Crippen molar-refractivity contribution in [1.29, 1.82) is 0 Å². The Kier molecular flexibility index (Phi) is 4.90. The molecule has 0 aromatic heterocycles. The highest BCUT2D eigenvalue weighted by molar-refractivity contribution is 5.89. The average Bonchev–Trinajstić information content (AvgIpc) is 2.28. The number of anilines is 1. The lowest BCUT2D eigenvalue weighted by atomic mass is 10.2. The van der Waals surface area contributed by atoms with E-state index in [1.54, 1.807) is 0 Å². The van der Waals surface area contributed by atoms with E-state index < -0.39 is 11.8 Å². The van der Waals surface area contributed by atoms with Crippen LogP contribution in [0.3, 0.4) is 0 Å². The topological polar surface area (TPSA) is 58.6 Å². The van der Waals surface area contributed by atoms with Crippen molar-refractivity contribution >= 4 is 11.7 Å². The van der Waals surface area contributed by atoms with Gasteiger partial charge in [0.25, 0.3) is 0 Å². The van der Waals surface area contributed by atoms with Gasteiger partial charge in [-0.2, -0.15) is 0 Å². The van der Waals surface area contributed by atoms with Crippen molar-refractivity contribution in [3.63, 3.8) is 0 Å². The number of hydrogen-bond donors (Lipinski definition) is 2. The van der Waals surface area contributed by atoms with Crippen molar-refractivity contribution in [3.8, 4) is 0 Å². The molecule has 0 heterocycles. The van der Waals surface area contributed by atoms with Gasteiger partial charge in [0.15, 0.2) is 0 Å². The standard InChI is InChI=1S/C12H16FNO3/c1-3-17-7-8(2)14-9-4-5-11(13)10(6-9)12(15)16/h4-6,8,14H,3,7H2,1-2H3,(H,15,16). The summed E-state index contributed by atoms with van der Waals surface area (Å²) in [6.07, 6.45) is 0. The summed E-state index contributed by atoms with van der Waals surface area (Å²) in [5, 5.41) is 11.8. The highest BCUT2D eigenvalue weighted by Crippen LogP contribution is 2.15. The molecule has 1 aromatic carbocycles. The zero-order valence-corrected chi connectivity index (χ0v) is 9.87. The molecule has 0 aliphatic heterocycles. The Balaban J connectivity index is 2.72. The number of hydrogen-bond acceptors (Lipinski definition) is 3. The SMILES string of the molecule is CCOCC(C)Nc1ccc(F)c(C(=O)O)c1. The number of carboxylic acids is 1. The molecule has 0 radical (unpaired) electrons. The zero-order chi connectivity index (χ0) is 12.8. The number of carbonyl (C=O) groups is 1. The minimum absolute atomic E-state index is 0.0297. The molecule has 0 bridgehead atoms. The van der Waals surface area contributed by atoms with Gasteiger partial charge in [0.1, 0.15) is 5.82 Å². The highest BCUT2D eigenvalue weighted by Gasteiger charge is 2.11. The summed E-state index contributed by atoms with van der Waals surface area (Å²) >= 11 is 0. The van der Waals surface area contributed by atoms with Crippen molar-refractivity contribution in [2.24, 2.45) is 0 Å². The van der Waals surface area contributed by atoms with Crippen LogP contribution in [-0.2, 0) is 4.74 Å².